The number of fused-ring (bicyclic) bond motifs is 1. The molecule has 2 aliphatic rings. The molecule has 5 rings (SSSR count). The Morgan fingerprint density at radius 3 is 2.88 bits per heavy atom. The quantitative estimate of drug-likeness (QED) is 0.518. The summed E-state index contributed by atoms with van der Waals surface area (Å²) >= 11 is 1.25. The van der Waals surface area contributed by atoms with Crippen molar-refractivity contribution in [3.63, 3.8) is 0 Å². The Kier molecular flexibility index (Phi) is 5.89. The second kappa shape index (κ2) is 9.12. The highest BCUT2D eigenvalue weighted by molar-refractivity contribution is 7.99. The van der Waals surface area contributed by atoms with Crippen molar-refractivity contribution in [2.75, 3.05) is 32.6 Å². The van der Waals surface area contributed by atoms with Gasteiger partial charge < -0.3 is 23.5 Å². The molecule has 0 saturated carbocycles. The first-order chi connectivity index (χ1) is 15.7. The normalized spacial score (nSPS) is 17.4. The standard InChI is InChI=1S/C23H23N3O5S/c1-28-18-7-3-2-5-16(18)22-24-25-23(31-22)32-14-21(27)26-10-4-6-17(26)15-8-9-19-20(13-15)30-12-11-29-19/h2-3,5,7-9,13,17H,4,6,10-12,14H2,1H3/t17-/m1/s1. The van der Waals surface area contributed by atoms with Crippen molar-refractivity contribution in [2.45, 2.75) is 24.1 Å². The lowest BCUT2D eigenvalue weighted by molar-refractivity contribution is -0.129. The summed E-state index contributed by atoms with van der Waals surface area (Å²) in [6.45, 7) is 1.84. The van der Waals surface area contributed by atoms with Crippen LogP contribution in [0.4, 0.5) is 0 Å². The number of amides is 1. The highest BCUT2D eigenvalue weighted by Gasteiger charge is 2.31. The lowest BCUT2D eigenvalue weighted by Crippen LogP contribution is -2.32. The summed E-state index contributed by atoms with van der Waals surface area (Å²) in [6, 6.07) is 13.4. The molecule has 8 nitrogen and oxygen atoms in total. The van der Waals surface area contributed by atoms with Crippen molar-refractivity contribution < 1.29 is 23.4 Å². The lowest BCUT2D eigenvalue weighted by Gasteiger charge is -2.26. The molecular weight excluding hydrogens is 430 g/mol. The predicted octanol–water partition coefficient (Wildman–Crippen LogP) is 3.97. The highest BCUT2D eigenvalue weighted by Crippen LogP contribution is 2.38. The molecule has 1 saturated heterocycles. The number of carbonyl (C=O) groups is 1. The van der Waals surface area contributed by atoms with E-state index in [9.17, 15) is 4.79 Å². The van der Waals surface area contributed by atoms with Crippen molar-refractivity contribution in [1.82, 2.24) is 15.1 Å². The number of nitrogens with zero attached hydrogens (tertiary/aromatic N) is 3. The molecule has 32 heavy (non-hydrogen) atoms. The van der Waals surface area contributed by atoms with Gasteiger partial charge in [0, 0.05) is 6.54 Å². The summed E-state index contributed by atoms with van der Waals surface area (Å²) < 4.78 is 22.4. The zero-order valence-corrected chi connectivity index (χ0v) is 18.5. The van der Waals surface area contributed by atoms with Crippen LogP contribution in [0.2, 0.25) is 0 Å². The molecule has 0 bridgehead atoms. The minimum Gasteiger partial charge on any atom is -0.496 e. The molecule has 0 unspecified atom stereocenters. The van der Waals surface area contributed by atoms with Crippen molar-refractivity contribution in [3.8, 4) is 28.7 Å². The van der Waals surface area contributed by atoms with Crippen LogP contribution in [0.25, 0.3) is 11.5 Å². The molecule has 1 atom stereocenters. The lowest BCUT2D eigenvalue weighted by atomic mass is 10.0. The summed E-state index contributed by atoms with van der Waals surface area (Å²) in [4.78, 5) is 14.9. The zero-order chi connectivity index (χ0) is 21.9. The number of hydrogen-bond acceptors (Lipinski definition) is 8. The largest absolute Gasteiger partial charge is 0.496 e. The van der Waals surface area contributed by atoms with Gasteiger partial charge >= 0.3 is 0 Å². The van der Waals surface area contributed by atoms with Gasteiger partial charge in [-0.15, -0.1) is 10.2 Å². The van der Waals surface area contributed by atoms with E-state index in [0.29, 0.717) is 30.1 Å². The molecule has 1 fully saturated rings. The topological polar surface area (TPSA) is 86.9 Å². The third-order valence-corrected chi connectivity index (χ3v) is 6.39. The molecule has 3 aromatic rings. The maximum atomic E-state index is 13.0. The fourth-order valence-corrected chi connectivity index (χ4v) is 4.73. The number of rotatable bonds is 6. The molecule has 0 radical (unpaired) electrons. The van der Waals surface area contributed by atoms with E-state index in [2.05, 4.69) is 10.2 Å². The number of aromatic nitrogens is 2. The predicted molar refractivity (Wildman–Crippen MR) is 118 cm³/mol. The molecule has 0 N–H and O–H groups in total. The van der Waals surface area contributed by atoms with Gasteiger partial charge in [0.2, 0.25) is 5.91 Å². The van der Waals surface area contributed by atoms with E-state index < -0.39 is 0 Å². The number of likely N-dealkylation sites (tertiary alicyclic amines) is 1. The van der Waals surface area contributed by atoms with E-state index >= 15 is 0 Å². The Balaban J connectivity index is 1.25. The molecule has 2 aromatic carbocycles. The van der Waals surface area contributed by atoms with Crippen LogP contribution < -0.4 is 14.2 Å². The van der Waals surface area contributed by atoms with Gasteiger partial charge in [-0.3, -0.25) is 4.79 Å². The third kappa shape index (κ3) is 4.12. The summed E-state index contributed by atoms with van der Waals surface area (Å²) in [6.07, 6.45) is 1.89. The smallest absolute Gasteiger partial charge is 0.277 e. The van der Waals surface area contributed by atoms with Gasteiger partial charge in [0.25, 0.3) is 11.1 Å². The maximum absolute atomic E-state index is 13.0. The van der Waals surface area contributed by atoms with E-state index in [1.165, 1.54) is 11.8 Å². The minimum atomic E-state index is 0.0331. The molecule has 3 heterocycles. The van der Waals surface area contributed by atoms with Crippen LogP contribution in [0.5, 0.6) is 17.2 Å². The third-order valence-electron chi connectivity index (χ3n) is 5.59. The van der Waals surface area contributed by atoms with E-state index in [1.54, 1.807) is 7.11 Å². The molecule has 1 amide bonds. The average molecular weight is 454 g/mol. The van der Waals surface area contributed by atoms with Crippen molar-refractivity contribution in [2.24, 2.45) is 0 Å². The maximum Gasteiger partial charge on any atom is 0.277 e. The van der Waals surface area contributed by atoms with Crippen LogP contribution in [-0.2, 0) is 4.79 Å². The van der Waals surface area contributed by atoms with Gasteiger partial charge in [0.15, 0.2) is 11.5 Å². The van der Waals surface area contributed by atoms with Crippen LogP contribution in [-0.4, -0.2) is 53.6 Å². The highest BCUT2D eigenvalue weighted by atomic mass is 32.2. The first-order valence-corrected chi connectivity index (χ1v) is 11.5. The van der Waals surface area contributed by atoms with Crippen LogP contribution >= 0.6 is 11.8 Å². The monoisotopic (exact) mass is 453 g/mol. The van der Waals surface area contributed by atoms with Crippen molar-refractivity contribution >= 4 is 17.7 Å². The van der Waals surface area contributed by atoms with E-state index in [-0.39, 0.29) is 17.7 Å². The van der Waals surface area contributed by atoms with Gasteiger partial charge in [-0.1, -0.05) is 30.0 Å². The van der Waals surface area contributed by atoms with Crippen LogP contribution in [0.15, 0.2) is 52.1 Å². The SMILES string of the molecule is COc1ccccc1-c1nnc(SCC(=O)N2CCC[C@@H]2c2ccc3c(c2)OCCO3)o1. The summed E-state index contributed by atoms with van der Waals surface area (Å²) in [7, 11) is 1.59. The molecule has 9 heteroatoms. The summed E-state index contributed by atoms with van der Waals surface area (Å²) in [5, 5.41) is 8.54. The number of para-hydroxylation sites is 1. The number of thioether (sulfide) groups is 1. The van der Waals surface area contributed by atoms with Gasteiger partial charge in [-0.2, -0.15) is 0 Å². The van der Waals surface area contributed by atoms with E-state index in [0.717, 1.165) is 42.0 Å². The Hall–Kier alpha value is -3.20. The molecule has 0 spiro atoms. The Morgan fingerprint density at radius 1 is 1.16 bits per heavy atom. The van der Waals surface area contributed by atoms with Crippen molar-refractivity contribution in [3.05, 3.63) is 48.0 Å². The zero-order valence-electron chi connectivity index (χ0n) is 17.7. The van der Waals surface area contributed by atoms with Crippen LogP contribution in [0.1, 0.15) is 24.4 Å². The second-order valence-corrected chi connectivity index (χ2v) is 8.44. The first kappa shape index (κ1) is 20.7. The molecule has 166 valence electrons. The molecular formula is C23H23N3O5S. The van der Waals surface area contributed by atoms with Crippen LogP contribution in [0, 0.1) is 0 Å². The van der Waals surface area contributed by atoms with Gasteiger partial charge in [0.1, 0.15) is 19.0 Å². The molecule has 2 aliphatic heterocycles. The second-order valence-electron chi connectivity index (χ2n) is 7.51. The number of methoxy groups -OCH3 is 1. The number of benzene rings is 2. The number of carbonyl (C=O) groups excluding carboxylic acids is 1. The van der Waals surface area contributed by atoms with Gasteiger partial charge in [-0.25, -0.2) is 0 Å². The minimum absolute atomic E-state index is 0.0331. The van der Waals surface area contributed by atoms with Crippen LogP contribution in [0.3, 0.4) is 0 Å². The van der Waals surface area contributed by atoms with E-state index in [1.807, 2.05) is 47.4 Å². The summed E-state index contributed by atoms with van der Waals surface area (Å²) in [5.41, 5.74) is 1.79. The van der Waals surface area contributed by atoms with Crippen molar-refractivity contribution in [1.29, 1.82) is 0 Å². The van der Waals surface area contributed by atoms with Gasteiger partial charge in [-0.05, 0) is 42.7 Å². The van der Waals surface area contributed by atoms with E-state index in [4.69, 9.17) is 18.6 Å². The molecule has 1 aromatic heterocycles. The Morgan fingerprint density at radius 2 is 2.00 bits per heavy atom. The Labute approximate surface area is 189 Å². The Bertz CT molecular complexity index is 1120. The average Bonchev–Trinajstić information content (AvgIpc) is 3.52. The fraction of sp³-hybridized carbons (Fsp3) is 0.348. The summed E-state index contributed by atoms with van der Waals surface area (Å²) in [5.74, 6) is 2.81. The number of hydrogen-bond donors (Lipinski definition) is 0. The molecule has 0 aliphatic carbocycles. The first-order valence-electron chi connectivity index (χ1n) is 10.5. The number of ether oxygens (including phenoxy) is 3. The van der Waals surface area contributed by atoms with Gasteiger partial charge in [0.05, 0.1) is 24.5 Å². The fourth-order valence-electron chi connectivity index (χ4n) is 4.08.